The molecule has 1 aliphatic heterocycles. The number of carboxylic acids is 2. The number of carbonyl (C=O) groups is 3. The van der Waals surface area contributed by atoms with Crippen molar-refractivity contribution in [1.29, 1.82) is 0 Å². The van der Waals surface area contributed by atoms with Crippen LogP contribution in [0.2, 0.25) is 5.02 Å². The maximum atomic E-state index is 12.5. The number of hydrogen-bond acceptors (Lipinski definition) is 6. The first-order valence-electron chi connectivity index (χ1n) is 12.3. The van der Waals surface area contributed by atoms with Crippen molar-refractivity contribution in [3.05, 3.63) is 93.8 Å². The summed E-state index contributed by atoms with van der Waals surface area (Å²) >= 11 is 6.56. The molecule has 2 atom stereocenters. The second-order valence-electron chi connectivity index (χ2n) is 9.15. The number of benzene rings is 2. The van der Waals surface area contributed by atoms with Gasteiger partial charge in [0.15, 0.2) is 0 Å². The Kier molecular flexibility index (Phi) is 8.93. The Morgan fingerprint density at radius 2 is 1.84 bits per heavy atom. The molecule has 198 valence electrons. The van der Waals surface area contributed by atoms with Gasteiger partial charge in [0.25, 0.3) is 5.91 Å². The van der Waals surface area contributed by atoms with Gasteiger partial charge in [0.1, 0.15) is 0 Å². The predicted molar refractivity (Wildman–Crippen MR) is 143 cm³/mol. The van der Waals surface area contributed by atoms with Crippen LogP contribution in [0.1, 0.15) is 45.1 Å². The summed E-state index contributed by atoms with van der Waals surface area (Å²) in [4.78, 5) is 40.0. The zero-order chi connectivity index (χ0) is 27.1. The Labute approximate surface area is 225 Å². The van der Waals surface area contributed by atoms with Crippen LogP contribution in [0.25, 0.3) is 0 Å². The van der Waals surface area contributed by atoms with E-state index in [-0.39, 0.29) is 5.91 Å². The van der Waals surface area contributed by atoms with Gasteiger partial charge in [-0.3, -0.25) is 19.4 Å². The van der Waals surface area contributed by atoms with E-state index in [2.05, 4.69) is 20.9 Å². The summed E-state index contributed by atoms with van der Waals surface area (Å²) in [5, 5.41) is 29.0. The van der Waals surface area contributed by atoms with E-state index < -0.39 is 30.2 Å². The van der Waals surface area contributed by atoms with Crippen molar-refractivity contribution in [2.45, 2.75) is 31.8 Å². The number of pyridine rings is 1. The number of nitrogens with one attached hydrogen (secondary N) is 3. The Morgan fingerprint density at radius 1 is 1.05 bits per heavy atom. The third-order valence-electron chi connectivity index (χ3n) is 6.65. The molecule has 9 nitrogen and oxygen atoms in total. The molecule has 0 saturated heterocycles. The molecular formula is C28H29ClN4O5. The lowest BCUT2D eigenvalue weighted by Crippen LogP contribution is -2.31. The van der Waals surface area contributed by atoms with E-state index in [1.807, 2.05) is 30.3 Å². The van der Waals surface area contributed by atoms with Gasteiger partial charge in [-0.15, -0.1) is 0 Å². The van der Waals surface area contributed by atoms with Crippen LogP contribution in [0.15, 0.2) is 60.8 Å². The molecule has 2 aromatic carbocycles. The molecule has 1 aliphatic rings. The highest BCUT2D eigenvalue weighted by atomic mass is 35.5. The van der Waals surface area contributed by atoms with Crippen molar-refractivity contribution < 1.29 is 24.6 Å². The molecule has 0 bridgehead atoms. The molecule has 38 heavy (non-hydrogen) atoms. The highest BCUT2D eigenvalue weighted by Crippen LogP contribution is 2.38. The Bertz CT molecular complexity index is 1300. The van der Waals surface area contributed by atoms with Gasteiger partial charge in [-0.05, 0) is 60.0 Å². The lowest BCUT2D eigenvalue weighted by atomic mass is 9.81. The first-order valence-corrected chi connectivity index (χ1v) is 12.7. The molecular weight excluding hydrogens is 508 g/mol. The summed E-state index contributed by atoms with van der Waals surface area (Å²) in [7, 11) is 0. The molecule has 0 radical (unpaired) electrons. The van der Waals surface area contributed by atoms with Crippen LogP contribution in [0.3, 0.4) is 0 Å². The average Bonchev–Trinajstić information content (AvgIpc) is 3.13. The van der Waals surface area contributed by atoms with Gasteiger partial charge in [0.2, 0.25) is 0 Å². The summed E-state index contributed by atoms with van der Waals surface area (Å²) in [5.41, 5.74) is 4.61. The second-order valence-corrected chi connectivity index (χ2v) is 9.55. The van der Waals surface area contributed by atoms with Crippen molar-refractivity contribution in [1.82, 2.24) is 15.6 Å². The number of halogens is 1. The third-order valence-corrected chi connectivity index (χ3v) is 6.97. The zero-order valence-electron chi connectivity index (χ0n) is 20.6. The van der Waals surface area contributed by atoms with Crippen LogP contribution >= 0.6 is 11.6 Å². The van der Waals surface area contributed by atoms with Gasteiger partial charge < -0.3 is 26.2 Å². The minimum Gasteiger partial charge on any atom is -0.481 e. The summed E-state index contributed by atoms with van der Waals surface area (Å²) in [6.45, 7) is 1.75. The summed E-state index contributed by atoms with van der Waals surface area (Å²) in [6.07, 6.45) is 1.83. The lowest BCUT2D eigenvalue weighted by molar-refractivity contribution is -0.149. The van der Waals surface area contributed by atoms with Crippen LogP contribution in [0.4, 0.5) is 5.69 Å². The molecule has 3 aromatic rings. The third kappa shape index (κ3) is 6.67. The van der Waals surface area contributed by atoms with Crippen molar-refractivity contribution >= 4 is 35.1 Å². The summed E-state index contributed by atoms with van der Waals surface area (Å²) < 4.78 is 0. The number of anilines is 1. The molecule has 0 saturated carbocycles. The van der Waals surface area contributed by atoms with Gasteiger partial charge in [-0.25, -0.2) is 0 Å². The van der Waals surface area contributed by atoms with Crippen LogP contribution in [-0.2, 0) is 29.1 Å². The van der Waals surface area contributed by atoms with Gasteiger partial charge in [0.05, 0.1) is 35.3 Å². The molecule has 0 spiro atoms. The maximum absolute atomic E-state index is 12.5. The number of amides is 1. The van der Waals surface area contributed by atoms with E-state index in [0.29, 0.717) is 48.9 Å². The molecule has 4 rings (SSSR count). The van der Waals surface area contributed by atoms with Crippen LogP contribution < -0.4 is 16.0 Å². The summed E-state index contributed by atoms with van der Waals surface area (Å²) in [6, 6.07) is 16.3. The van der Waals surface area contributed by atoms with Gasteiger partial charge in [-0.2, -0.15) is 0 Å². The first-order chi connectivity index (χ1) is 18.3. The molecule has 0 fully saturated rings. The van der Waals surface area contributed by atoms with Gasteiger partial charge in [0, 0.05) is 30.8 Å². The van der Waals surface area contributed by atoms with E-state index >= 15 is 0 Å². The van der Waals surface area contributed by atoms with E-state index in [1.165, 1.54) is 0 Å². The SMILES string of the molecule is O=C(O)CC(C(=O)O)C1CNCCc2c1ccc(Cl)c2NCc1ccc(C(=O)NCc2ccccn2)cc1. The lowest BCUT2D eigenvalue weighted by Gasteiger charge is -2.25. The fourth-order valence-corrected chi connectivity index (χ4v) is 4.96. The molecule has 0 aliphatic carbocycles. The number of nitrogens with zero attached hydrogens (tertiary/aromatic N) is 1. The fourth-order valence-electron chi connectivity index (χ4n) is 4.71. The molecule has 10 heteroatoms. The van der Waals surface area contributed by atoms with Crippen molar-refractivity contribution in [3.8, 4) is 0 Å². The zero-order valence-corrected chi connectivity index (χ0v) is 21.4. The molecule has 2 heterocycles. The van der Waals surface area contributed by atoms with E-state index in [9.17, 15) is 24.6 Å². The molecule has 1 aromatic heterocycles. The van der Waals surface area contributed by atoms with Crippen molar-refractivity contribution in [3.63, 3.8) is 0 Å². The minimum absolute atomic E-state index is 0.195. The average molecular weight is 537 g/mol. The second kappa shape index (κ2) is 12.5. The van der Waals surface area contributed by atoms with Crippen molar-refractivity contribution in [2.75, 3.05) is 18.4 Å². The van der Waals surface area contributed by atoms with Crippen LogP contribution in [-0.4, -0.2) is 46.1 Å². The molecule has 1 amide bonds. The smallest absolute Gasteiger partial charge is 0.307 e. The maximum Gasteiger partial charge on any atom is 0.307 e. The van der Waals surface area contributed by atoms with Crippen LogP contribution in [0.5, 0.6) is 0 Å². The van der Waals surface area contributed by atoms with Crippen LogP contribution in [0, 0.1) is 5.92 Å². The largest absolute Gasteiger partial charge is 0.481 e. The molecule has 2 unspecified atom stereocenters. The van der Waals surface area contributed by atoms with Crippen molar-refractivity contribution in [2.24, 2.45) is 5.92 Å². The Hall–Kier alpha value is -3.95. The summed E-state index contributed by atoms with van der Waals surface area (Å²) in [5.74, 6) is -4.06. The highest BCUT2D eigenvalue weighted by molar-refractivity contribution is 6.33. The normalized spacial score (nSPS) is 15.6. The minimum atomic E-state index is -1.15. The van der Waals surface area contributed by atoms with Gasteiger partial charge in [-0.1, -0.05) is 35.9 Å². The van der Waals surface area contributed by atoms with E-state index in [0.717, 1.165) is 22.4 Å². The fraction of sp³-hybridized carbons (Fsp3) is 0.286. The highest BCUT2D eigenvalue weighted by Gasteiger charge is 2.34. The first kappa shape index (κ1) is 27.1. The number of rotatable bonds is 10. The topological polar surface area (TPSA) is 141 Å². The standard InChI is InChI=1S/C28H29ClN4O5/c29-24-9-8-20-21(10-12-30-16-23(20)22(28(37)38)13-25(34)35)26(24)32-14-17-4-6-18(7-5-17)27(36)33-15-19-3-1-2-11-31-19/h1-9,11,22-23,30,32H,10,12-16H2,(H,33,36)(H,34,35)(H,37,38). The Balaban J connectivity index is 1.47. The number of fused-ring (bicyclic) bond motifs is 1. The Morgan fingerprint density at radius 3 is 2.53 bits per heavy atom. The van der Waals surface area contributed by atoms with E-state index in [1.54, 1.807) is 30.5 Å². The number of aliphatic carboxylic acids is 2. The van der Waals surface area contributed by atoms with E-state index in [4.69, 9.17) is 11.6 Å². The molecule has 5 N–H and O–H groups in total. The number of aromatic nitrogens is 1. The number of carbonyl (C=O) groups excluding carboxylic acids is 1. The number of hydrogen-bond donors (Lipinski definition) is 5. The van der Waals surface area contributed by atoms with Gasteiger partial charge >= 0.3 is 11.9 Å². The predicted octanol–water partition coefficient (Wildman–Crippen LogP) is 3.68. The number of carboxylic acid groups (broad SMARTS) is 2. The quantitative estimate of drug-likeness (QED) is 0.264. The monoisotopic (exact) mass is 536 g/mol.